The standard InChI is InChI=1S/C10H12ClN3O2S/c1-17(15)10-12-8(11)3-9(13-10)14-4-7-2-6(14)5-16-7/h3,6-7H,2,4-5H2,1H3/t6-,7-,17?/m0/s1. The average Bonchev–Trinajstić information content (AvgIpc) is 2.89. The van der Waals surface area contributed by atoms with Gasteiger partial charge in [0.1, 0.15) is 17.2 Å². The highest BCUT2D eigenvalue weighted by atomic mass is 35.5. The molecule has 1 aromatic heterocycles. The lowest BCUT2D eigenvalue weighted by molar-refractivity contribution is 0.0988. The van der Waals surface area contributed by atoms with Crippen molar-refractivity contribution in [2.45, 2.75) is 23.7 Å². The molecule has 3 rings (SSSR count). The van der Waals surface area contributed by atoms with E-state index in [0.717, 1.165) is 25.4 Å². The minimum Gasteiger partial charge on any atom is -0.609 e. The molecule has 0 aliphatic carbocycles. The van der Waals surface area contributed by atoms with Gasteiger partial charge in [-0.15, -0.1) is 0 Å². The minimum atomic E-state index is -1.22. The van der Waals surface area contributed by atoms with E-state index >= 15 is 0 Å². The summed E-state index contributed by atoms with van der Waals surface area (Å²) in [7, 11) is 0. The van der Waals surface area contributed by atoms with Crippen molar-refractivity contribution in [2.75, 3.05) is 24.3 Å². The number of hydrogen-bond acceptors (Lipinski definition) is 5. The number of fused-ring (bicyclic) bond motifs is 2. The zero-order chi connectivity index (χ0) is 12.0. The molecular weight excluding hydrogens is 262 g/mol. The fourth-order valence-corrected chi connectivity index (χ4v) is 3.02. The van der Waals surface area contributed by atoms with Crippen LogP contribution >= 0.6 is 11.6 Å². The Morgan fingerprint density at radius 2 is 2.41 bits per heavy atom. The smallest absolute Gasteiger partial charge is 0.345 e. The van der Waals surface area contributed by atoms with Crippen LogP contribution in [0.1, 0.15) is 6.42 Å². The molecule has 1 unspecified atom stereocenters. The number of hydrogen-bond donors (Lipinski definition) is 0. The van der Waals surface area contributed by atoms with Crippen molar-refractivity contribution in [3.8, 4) is 0 Å². The second-order valence-corrected chi connectivity index (χ2v) is 5.94. The Balaban J connectivity index is 1.92. The Bertz CT molecular complexity index is 446. The van der Waals surface area contributed by atoms with Crippen molar-refractivity contribution in [1.29, 1.82) is 0 Å². The van der Waals surface area contributed by atoms with Crippen molar-refractivity contribution in [2.24, 2.45) is 0 Å². The summed E-state index contributed by atoms with van der Waals surface area (Å²) in [6.45, 7) is 1.56. The van der Waals surface area contributed by atoms with Gasteiger partial charge >= 0.3 is 5.16 Å². The fourth-order valence-electron chi connectivity index (χ4n) is 2.34. The van der Waals surface area contributed by atoms with E-state index in [9.17, 15) is 4.55 Å². The molecule has 3 heterocycles. The molecule has 92 valence electrons. The predicted molar refractivity (Wildman–Crippen MR) is 64.9 cm³/mol. The summed E-state index contributed by atoms with van der Waals surface area (Å²) in [6.07, 6.45) is 2.88. The van der Waals surface area contributed by atoms with Crippen LogP contribution < -0.4 is 4.90 Å². The maximum Gasteiger partial charge on any atom is 0.345 e. The fraction of sp³-hybridized carbons (Fsp3) is 0.600. The van der Waals surface area contributed by atoms with Gasteiger partial charge in [-0.1, -0.05) is 11.6 Å². The van der Waals surface area contributed by atoms with Gasteiger partial charge in [0.05, 0.1) is 18.8 Å². The minimum absolute atomic E-state index is 0.288. The molecule has 0 radical (unpaired) electrons. The molecule has 2 aliphatic heterocycles. The third kappa shape index (κ3) is 2.10. The lowest BCUT2D eigenvalue weighted by Gasteiger charge is -2.27. The first-order valence-corrected chi connectivity index (χ1v) is 7.33. The zero-order valence-corrected chi connectivity index (χ0v) is 10.9. The van der Waals surface area contributed by atoms with Crippen molar-refractivity contribution >= 4 is 28.6 Å². The normalized spacial score (nSPS) is 28.8. The van der Waals surface area contributed by atoms with Gasteiger partial charge in [0, 0.05) is 23.8 Å². The summed E-state index contributed by atoms with van der Waals surface area (Å²) < 4.78 is 16.9. The van der Waals surface area contributed by atoms with Crippen LogP contribution in [0.15, 0.2) is 11.2 Å². The van der Waals surface area contributed by atoms with E-state index < -0.39 is 11.2 Å². The van der Waals surface area contributed by atoms with Gasteiger partial charge in [-0.25, -0.2) is 0 Å². The summed E-state index contributed by atoms with van der Waals surface area (Å²) in [6, 6.07) is 2.09. The maximum atomic E-state index is 11.4. The molecule has 2 fully saturated rings. The number of ether oxygens (including phenoxy) is 1. The van der Waals surface area contributed by atoms with Gasteiger partial charge in [-0.3, -0.25) is 0 Å². The van der Waals surface area contributed by atoms with Crippen LogP contribution in [-0.4, -0.2) is 46.1 Å². The molecule has 0 amide bonds. The highest BCUT2D eigenvalue weighted by molar-refractivity contribution is 7.90. The number of halogens is 1. The Hall–Kier alpha value is -0.560. The molecule has 1 aromatic rings. The van der Waals surface area contributed by atoms with E-state index in [1.165, 1.54) is 0 Å². The Labute approximate surface area is 107 Å². The van der Waals surface area contributed by atoms with Gasteiger partial charge < -0.3 is 14.2 Å². The molecule has 0 saturated carbocycles. The highest BCUT2D eigenvalue weighted by Gasteiger charge is 2.40. The highest BCUT2D eigenvalue weighted by Crippen LogP contribution is 2.32. The molecule has 5 nitrogen and oxygen atoms in total. The second kappa shape index (κ2) is 4.28. The number of anilines is 1. The second-order valence-electron chi connectivity index (χ2n) is 4.28. The quantitative estimate of drug-likeness (QED) is 0.454. The van der Waals surface area contributed by atoms with Crippen LogP contribution in [0.5, 0.6) is 0 Å². The topological polar surface area (TPSA) is 61.3 Å². The molecule has 0 spiro atoms. The molecule has 17 heavy (non-hydrogen) atoms. The van der Waals surface area contributed by atoms with E-state index in [-0.39, 0.29) is 5.16 Å². The molecular formula is C10H12ClN3O2S. The third-order valence-corrected chi connectivity index (χ3v) is 4.00. The molecule has 7 heteroatoms. The van der Waals surface area contributed by atoms with E-state index in [1.807, 2.05) is 0 Å². The van der Waals surface area contributed by atoms with E-state index in [1.54, 1.807) is 12.3 Å². The van der Waals surface area contributed by atoms with E-state index in [0.29, 0.717) is 17.3 Å². The van der Waals surface area contributed by atoms with E-state index in [4.69, 9.17) is 16.3 Å². The zero-order valence-electron chi connectivity index (χ0n) is 9.30. The summed E-state index contributed by atoms with van der Waals surface area (Å²) in [4.78, 5) is 10.4. The summed E-state index contributed by atoms with van der Waals surface area (Å²) in [5, 5.41) is 0.625. The van der Waals surface area contributed by atoms with Crippen molar-refractivity contribution in [1.82, 2.24) is 9.97 Å². The van der Waals surface area contributed by atoms with Crippen LogP contribution in [0, 0.1) is 0 Å². The number of aromatic nitrogens is 2. The lowest BCUT2D eigenvalue weighted by Crippen LogP contribution is -2.37. The van der Waals surface area contributed by atoms with Crippen LogP contribution in [0.3, 0.4) is 0 Å². The molecule has 0 N–H and O–H groups in total. The first-order chi connectivity index (χ1) is 8.13. The SMILES string of the molecule is C[S+]([O-])c1nc(Cl)cc(N2C[C@@H]3C[C@H]2CO3)n1. The van der Waals surface area contributed by atoms with Crippen LogP contribution in [0.25, 0.3) is 0 Å². The predicted octanol–water partition coefficient (Wildman–Crippen LogP) is 0.845. The molecule has 3 atom stereocenters. The molecule has 2 aliphatic rings. The lowest BCUT2D eigenvalue weighted by atomic mass is 10.2. The van der Waals surface area contributed by atoms with Crippen LogP contribution in [-0.2, 0) is 15.9 Å². The number of rotatable bonds is 2. The van der Waals surface area contributed by atoms with Crippen molar-refractivity contribution in [3.05, 3.63) is 11.2 Å². The Kier molecular flexibility index (Phi) is 2.90. The Morgan fingerprint density at radius 3 is 3.00 bits per heavy atom. The summed E-state index contributed by atoms with van der Waals surface area (Å²) >= 11 is 4.71. The molecule has 0 aromatic carbocycles. The molecule has 2 saturated heterocycles. The summed E-state index contributed by atoms with van der Waals surface area (Å²) in [5.41, 5.74) is 0. The van der Waals surface area contributed by atoms with Crippen LogP contribution in [0.2, 0.25) is 5.15 Å². The molecule has 2 bridgehead atoms. The van der Waals surface area contributed by atoms with Gasteiger partial charge in [0.2, 0.25) is 0 Å². The van der Waals surface area contributed by atoms with Crippen molar-refractivity contribution in [3.63, 3.8) is 0 Å². The third-order valence-electron chi connectivity index (χ3n) is 3.11. The first kappa shape index (κ1) is 11.5. The van der Waals surface area contributed by atoms with Gasteiger partial charge in [0.15, 0.2) is 0 Å². The monoisotopic (exact) mass is 273 g/mol. The van der Waals surface area contributed by atoms with Gasteiger partial charge in [0.25, 0.3) is 0 Å². The maximum absolute atomic E-state index is 11.4. The summed E-state index contributed by atoms with van der Waals surface area (Å²) in [5.74, 6) is 0.756. The number of nitrogens with zero attached hydrogens (tertiary/aromatic N) is 3. The Morgan fingerprint density at radius 1 is 1.59 bits per heavy atom. The van der Waals surface area contributed by atoms with Gasteiger partial charge in [-0.05, 0) is 6.42 Å². The number of morpholine rings is 1. The first-order valence-electron chi connectivity index (χ1n) is 5.40. The van der Waals surface area contributed by atoms with Crippen molar-refractivity contribution < 1.29 is 9.29 Å². The van der Waals surface area contributed by atoms with E-state index in [2.05, 4.69) is 14.9 Å². The average molecular weight is 274 g/mol. The largest absolute Gasteiger partial charge is 0.609 e. The van der Waals surface area contributed by atoms with Crippen LogP contribution in [0.4, 0.5) is 5.82 Å². The van der Waals surface area contributed by atoms with Gasteiger partial charge in [-0.2, -0.15) is 9.97 Å².